The minimum absolute atomic E-state index is 0. The van der Waals surface area contributed by atoms with Crippen LogP contribution in [0.2, 0.25) is 0 Å². The van der Waals surface area contributed by atoms with Crippen LogP contribution in [0.5, 0.6) is 0 Å². The first kappa shape index (κ1) is 235. The number of hydrogen-bond acceptors (Lipinski definition) is 3. The van der Waals surface area contributed by atoms with Crippen LogP contribution < -0.4 is 28.2 Å². The summed E-state index contributed by atoms with van der Waals surface area (Å²) in [6.07, 6.45) is 0. The van der Waals surface area contributed by atoms with E-state index in [2.05, 4.69) is 0 Å². The summed E-state index contributed by atoms with van der Waals surface area (Å²) in [5, 5.41) is 9.00. The van der Waals surface area contributed by atoms with Gasteiger partial charge in [0, 0.05) is 0 Å². The third kappa shape index (κ3) is 8850. The number of rotatable bonds is 0. The van der Waals surface area contributed by atoms with Gasteiger partial charge in [-0.3, -0.25) is 0 Å². The van der Waals surface area contributed by atoms with Gasteiger partial charge >= 0.3 is 24.4 Å². The quantitative estimate of drug-likeness (QED) is 0.192. The average Bonchev–Trinajstić information content (AvgIpc) is 0.918. The molecule has 0 aliphatic rings. The van der Waals surface area contributed by atoms with Crippen molar-refractivity contribution in [3.8, 4) is 0 Å². The van der Waals surface area contributed by atoms with Gasteiger partial charge in [0.05, 0.1) is 0 Å². The molecule has 0 aromatic carbocycles. The minimum atomic E-state index is 0. The first-order valence-corrected chi connectivity index (χ1v) is 0.365. The molecule has 0 rings (SSSR count). The number of hydrogen-bond donors (Lipinski definition) is 0. The van der Waals surface area contributed by atoms with Crippen molar-refractivity contribution in [2.45, 2.75) is 0 Å². The Bertz CT molecular complexity index is 23.2. The van der Waals surface area contributed by atoms with Gasteiger partial charge in [-0.2, -0.15) is 0 Å². The van der Waals surface area contributed by atoms with Crippen molar-refractivity contribution < 1.29 is 28.2 Å². The van der Waals surface area contributed by atoms with Crippen molar-refractivity contribution in [3.05, 3.63) is 10.1 Å². The van der Waals surface area contributed by atoms with E-state index in [1.54, 1.807) is 0 Å². The number of halogens is 6. The summed E-state index contributed by atoms with van der Waals surface area (Å²) in [4.78, 5) is 8.00. The van der Waals surface area contributed by atoms with Crippen molar-refractivity contribution >= 4 is 24.4 Å². The van der Waals surface area contributed by atoms with Gasteiger partial charge in [-0.1, -0.05) is 0 Å². The average molecular weight is 284 g/mol. The summed E-state index contributed by atoms with van der Waals surface area (Å²) in [6, 6.07) is 0. The van der Waals surface area contributed by atoms with Gasteiger partial charge in [0.1, 0.15) is 0 Å². The van der Waals surface area contributed by atoms with E-state index >= 15 is 0 Å². The molecule has 0 saturated carbocycles. The molecule has 0 amide bonds. The third-order valence-electron chi connectivity index (χ3n) is 0. The van der Waals surface area contributed by atoms with E-state index in [-0.39, 0.29) is 52.7 Å². The maximum absolute atomic E-state index is 8.00. The molecule has 10 heavy (non-hydrogen) atoms. The Morgan fingerprint density at radius 3 is 0.800 bits per heavy atom. The Morgan fingerprint density at radius 1 is 0.800 bits per heavy atom. The predicted octanol–water partition coefficient (Wildman–Crippen LogP) is -18.6. The molecule has 0 aliphatic carbocycles. The molecule has 0 spiro atoms. The van der Waals surface area contributed by atoms with Crippen LogP contribution in [0.1, 0.15) is 0 Å². The second kappa shape index (κ2) is 840. The fourth-order valence-corrected chi connectivity index (χ4v) is 0. The van der Waals surface area contributed by atoms with Gasteiger partial charge in [0.25, 0.3) is 0 Å². The molecule has 0 saturated heterocycles. The zero-order valence-corrected chi connectivity index (χ0v) is 7.40. The van der Waals surface area contributed by atoms with Gasteiger partial charge in [0.15, 0.2) is 0 Å². The van der Waals surface area contributed by atoms with Crippen molar-refractivity contribution in [1.82, 2.24) is 0 Å². The normalized spacial score (nSPS) is 1.20. The Kier molecular flexibility index (Phi) is 19700. The zero-order chi connectivity index (χ0) is 2.71. The van der Waals surface area contributed by atoms with Gasteiger partial charge in [0.2, 0.25) is 0 Å². The second-order valence-corrected chi connectivity index (χ2v) is 0.0745. The fraction of sp³-hybridized carbons (Fsp3) is 0. The van der Waals surface area contributed by atoms with Crippen LogP contribution in [-0.4, -0.2) is 24.4 Å². The van der Waals surface area contributed by atoms with Crippen LogP contribution in [0.3, 0.4) is 0 Å². The summed E-state index contributed by atoms with van der Waals surface area (Å²) in [5.41, 5.74) is 0. The molecule has 1 radical (unpaired) electrons. The summed E-state index contributed by atoms with van der Waals surface area (Å²) < 4.78 is 0. The first-order chi connectivity index (χ1) is 1.41. The first-order valence-electron chi connectivity index (χ1n) is 0.365. The van der Waals surface area contributed by atoms with Crippen molar-refractivity contribution in [2.75, 3.05) is 0 Å². The summed E-state index contributed by atoms with van der Waals surface area (Å²) in [7, 11) is 0. The second-order valence-electron chi connectivity index (χ2n) is 0.0745. The molecule has 0 N–H and O–H groups in total. The molecule has 0 aliphatic heterocycles. The molecular formula is H2F6NO2Sb-7. The zero-order valence-electron chi connectivity index (χ0n) is 4.11. The van der Waals surface area contributed by atoms with Gasteiger partial charge in [-0.25, -0.2) is 0 Å². The van der Waals surface area contributed by atoms with E-state index in [1.807, 2.05) is 0 Å². The Hall–Kier alpha value is -0.202. The van der Waals surface area contributed by atoms with Crippen molar-refractivity contribution in [1.29, 1.82) is 0 Å². The van der Waals surface area contributed by atoms with Crippen LogP contribution in [0.15, 0.2) is 5.34 Å². The monoisotopic (exact) mass is 283 g/mol. The van der Waals surface area contributed by atoms with Crippen LogP contribution in [0, 0.1) is 10.1 Å². The third-order valence-corrected chi connectivity index (χ3v) is 0. The summed E-state index contributed by atoms with van der Waals surface area (Å²) in [6.45, 7) is 0. The standard InChI is InChI=1S/6FH.HNO2.Sb.2H/c;;;;;;2-1-3;;;/h6*1H;(H,2,3);;;/p-7. The van der Waals surface area contributed by atoms with E-state index < -0.39 is 0 Å². The molecule has 3 nitrogen and oxygen atoms in total. The van der Waals surface area contributed by atoms with Gasteiger partial charge < -0.3 is 38.3 Å². The van der Waals surface area contributed by atoms with Crippen LogP contribution in [0.4, 0.5) is 0 Å². The van der Waals surface area contributed by atoms with E-state index in [0.29, 0.717) is 0 Å². The molecule has 0 heterocycles. The molecule has 0 aromatic rings. The summed E-state index contributed by atoms with van der Waals surface area (Å²) in [5.74, 6) is 0. The molecule has 0 atom stereocenters. The topological polar surface area (TPSA) is 52.5 Å². The fourth-order valence-electron chi connectivity index (χ4n) is 0. The van der Waals surface area contributed by atoms with Gasteiger partial charge in [-0.15, -0.1) is 5.34 Å². The van der Waals surface area contributed by atoms with E-state index in [4.69, 9.17) is 10.1 Å². The molecular weight excluding hydrogens is 282 g/mol. The van der Waals surface area contributed by atoms with Crippen LogP contribution >= 0.6 is 0 Å². The van der Waals surface area contributed by atoms with Crippen LogP contribution in [0.25, 0.3) is 0 Å². The maximum atomic E-state index is 8.00. The Labute approximate surface area is 68.8 Å². The molecule has 10 heteroatoms. The van der Waals surface area contributed by atoms with E-state index in [0.717, 1.165) is 5.34 Å². The molecule has 73 valence electrons. The van der Waals surface area contributed by atoms with Gasteiger partial charge in [-0.05, 0) is 0 Å². The van der Waals surface area contributed by atoms with E-state index in [1.165, 1.54) is 0 Å². The SMILES string of the molecule is O=N[O-].[F-].[F-].[F-].[F-].[F-].[F-].[SbH2]. The van der Waals surface area contributed by atoms with Crippen molar-refractivity contribution in [2.24, 2.45) is 5.34 Å². The Morgan fingerprint density at radius 2 is 0.800 bits per heavy atom. The van der Waals surface area contributed by atoms with Crippen LogP contribution in [-0.2, 0) is 0 Å². The predicted molar refractivity (Wildman–Crippen MR) is 17.7 cm³/mol. The van der Waals surface area contributed by atoms with E-state index in [9.17, 15) is 0 Å². The molecule has 0 bridgehead atoms. The summed E-state index contributed by atoms with van der Waals surface area (Å²) >= 11 is 0. The number of nitrogens with zero attached hydrogens (tertiary/aromatic N) is 1. The Balaban J connectivity index is -0.000000000952. The molecule has 0 aromatic heterocycles. The molecule has 0 unspecified atom stereocenters. The van der Waals surface area contributed by atoms with Crippen molar-refractivity contribution in [3.63, 3.8) is 0 Å². The molecule has 0 fully saturated rings.